The van der Waals surface area contributed by atoms with E-state index in [9.17, 15) is 18.8 Å². The van der Waals surface area contributed by atoms with Crippen molar-refractivity contribution in [2.75, 3.05) is 37.6 Å². The van der Waals surface area contributed by atoms with Crippen LogP contribution in [-0.2, 0) is 17.9 Å². The quantitative estimate of drug-likeness (QED) is 0.679. The third-order valence-electron chi connectivity index (χ3n) is 5.28. The predicted octanol–water partition coefficient (Wildman–Crippen LogP) is 0.892. The highest BCUT2D eigenvalue weighted by molar-refractivity contribution is 5.95. The number of piperazine rings is 1. The predicted molar refractivity (Wildman–Crippen MR) is 108 cm³/mol. The van der Waals surface area contributed by atoms with Crippen molar-refractivity contribution in [3.63, 3.8) is 0 Å². The van der Waals surface area contributed by atoms with Crippen LogP contribution in [0.4, 0.5) is 14.9 Å². The number of fused-ring (bicyclic) bond motifs is 1. The van der Waals surface area contributed by atoms with E-state index in [1.165, 1.54) is 29.2 Å². The fourth-order valence-electron chi connectivity index (χ4n) is 3.81. The molecule has 0 unspecified atom stereocenters. The molecule has 10 heteroatoms. The fraction of sp³-hybridized carbons (Fsp3) is 0.400. The Morgan fingerprint density at radius 2 is 1.77 bits per heavy atom. The number of hydrogen-bond donors (Lipinski definition) is 0. The van der Waals surface area contributed by atoms with Crippen molar-refractivity contribution in [3.05, 3.63) is 58.5 Å². The highest BCUT2D eigenvalue weighted by Gasteiger charge is 2.34. The lowest BCUT2D eigenvalue weighted by Crippen LogP contribution is -2.50. The molecule has 0 radical (unpaired) electrons. The summed E-state index contributed by atoms with van der Waals surface area (Å²) in [5.41, 5.74) is 0.928. The lowest BCUT2D eigenvalue weighted by atomic mass is 10.2. The number of aromatic nitrogens is 3. The fourth-order valence-corrected chi connectivity index (χ4v) is 3.81. The van der Waals surface area contributed by atoms with E-state index in [2.05, 4.69) is 16.5 Å². The molecule has 1 aromatic carbocycles. The minimum Gasteiger partial charge on any atom is -0.339 e. The summed E-state index contributed by atoms with van der Waals surface area (Å²) in [5.74, 6) is -0.384. The number of rotatable bonds is 5. The Balaban J connectivity index is 1.47. The molecule has 3 heterocycles. The highest BCUT2D eigenvalue weighted by Crippen LogP contribution is 2.23. The number of nitrogens with zero attached hydrogens (tertiary/aromatic N) is 6. The molecule has 4 rings (SSSR count). The molecular weight excluding hydrogens is 391 g/mol. The minimum atomic E-state index is -0.633. The van der Waals surface area contributed by atoms with Crippen molar-refractivity contribution in [3.8, 4) is 0 Å². The molecule has 2 aliphatic rings. The lowest BCUT2D eigenvalue weighted by Gasteiger charge is -2.34. The van der Waals surface area contributed by atoms with E-state index < -0.39 is 17.5 Å². The molecule has 1 fully saturated rings. The molecule has 30 heavy (non-hydrogen) atoms. The molecule has 1 aromatic heterocycles. The lowest BCUT2D eigenvalue weighted by molar-refractivity contribution is -0.133. The number of carbonyl (C=O) groups is 2. The molecule has 2 amide bonds. The van der Waals surface area contributed by atoms with Crippen molar-refractivity contribution in [1.82, 2.24) is 24.1 Å². The van der Waals surface area contributed by atoms with Gasteiger partial charge in [-0.1, -0.05) is 12.2 Å². The minimum absolute atomic E-state index is 0.0838. The van der Waals surface area contributed by atoms with Gasteiger partial charge in [-0.3, -0.25) is 14.6 Å². The van der Waals surface area contributed by atoms with Crippen LogP contribution >= 0.6 is 0 Å². The molecule has 0 aliphatic carbocycles. The third-order valence-corrected chi connectivity index (χ3v) is 5.28. The standard InChI is InChI=1S/C20H23FN6O3/c1-14(2)11-23-7-9-24(10-8-23)18(28)13-26-19(29)22-17-12-25(20(30)27(17)26)16-5-3-15(21)4-6-16/h3-6H,1,7-13H2,2H3. The van der Waals surface area contributed by atoms with Crippen LogP contribution in [-0.4, -0.2) is 68.8 Å². The molecule has 2 aromatic rings. The van der Waals surface area contributed by atoms with Gasteiger partial charge < -0.3 is 4.90 Å². The van der Waals surface area contributed by atoms with Crippen molar-refractivity contribution in [2.45, 2.75) is 20.0 Å². The van der Waals surface area contributed by atoms with Gasteiger partial charge in [-0.05, 0) is 31.2 Å². The van der Waals surface area contributed by atoms with Gasteiger partial charge in [0.15, 0.2) is 5.82 Å². The first-order valence-electron chi connectivity index (χ1n) is 9.74. The molecule has 0 bridgehead atoms. The maximum Gasteiger partial charge on any atom is 0.365 e. The van der Waals surface area contributed by atoms with Crippen molar-refractivity contribution >= 4 is 17.6 Å². The van der Waals surface area contributed by atoms with E-state index in [0.717, 1.165) is 34.6 Å². The zero-order valence-corrected chi connectivity index (χ0v) is 16.8. The van der Waals surface area contributed by atoms with Crippen LogP contribution in [0.3, 0.4) is 0 Å². The zero-order chi connectivity index (χ0) is 21.4. The van der Waals surface area contributed by atoms with Gasteiger partial charge in [0.1, 0.15) is 12.4 Å². The Morgan fingerprint density at radius 1 is 1.10 bits per heavy atom. The molecule has 158 valence electrons. The first-order valence-corrected chi connectivity index (χ1v) is 9.74. The Kier molecular flexibility index (Phi) is 5.25. The second-order valence-electron chi connectivity index (χ2n) is 7.64. The second-order valence-corrected chi connectivity index (χ2v) is 7.64. The van der Waals surface area contributed by atoms with Crippen LogP contribution in [0.1, 0.15) is 12.7 Å². The smallest absolute Gasteiger partial charge is 0.339 e. The number of hydrogen-bond acceptors (Lipinski definition) is 5. The van der Waals surface area contributed by atoms with Crippen molar-refractivity contribution < 1.29 is 14.0 Å². The van der Waals surface area contributed by atoms with Crippen LogP contribution in [0, 0.1) is 5.82 Å². The summed E-state index contributed by atoms with van der Waals surface area (Å²) >= 11 is 0. The van der Waals surface area contributed by atoms with E-state index in [1.807, 2.05) is 6.92 Å². The summed E-state index contributed by atoms with van der Waals surface area (Å²) in [7, 11) is 0. The van der Waals surface area contributed by atoms with Crippen LogP contribution in [0.2, 0.25) is 0 Å². The molecule has 0 atom stereocenters. The monoisotopic (exact) mass is 414 g/mol. The van der Waals surface area contributed by atoms with Gasteiger partial charge >= 0.3 is 11.7 Å². The van der Waals surface area contributed by atoms with Crippen LogP contribution in [0.5, 0.6) is 0 Å². The Bertz CT molecular complexity index is 1050. The van der Waals surface area contributed by atoms with Crippen LogP contribution in [0.15, 0.2) is 41.2 Å². The highest BCUT2D eigenvalue weighted by atomic mass is 19.1. The second kappa shape index (κ2) is 7.86. The van der Waals surface area contributed by atoms with E-state index >= 15 is 0 Å². The van der Waals surface area contributed by atoms with Gasteiger partial charge in [0, 0.05) is 38.4 Å². The van der Waals surface area contributed by atoms with E-state index in [4.69, 9.17) is 0 Å². The molecule has 1 saturated heterocycles. The average molecular weight is 414 g/mol. The summed E-state index contributed by atoms with van der Waals surface area (Å²) < 4.78 is 15.4. The normalized spacial score (nSPS) is 16.8. The summed E-state index contributed by atoms with van der Waals surface area (Å²) in [4.78, 5) is 47.2. The third kappa shape index (κ3) is 3.78. The van der Waals surface area contributed by atoms with Crippen LogP contribution < -0.4 is 10.6 Å². The largest absolute Gasteiger partial charge is 0.365 e. The topological polar surface area (TPSA) is 83.7 Å². The maximum absolute atomic E-state index is 13.2. The molecule has 0 N–H and O–H groups in total. The first kappa shape index (κ1) is 20.0. The molecule has 0 saturated carbocycles. The summed E-state index contributed by atoms with van der Waals surface area (Å²) in [6, 6.07) is 4.99. The molecule has 0 spiro atoms. The molecule has 2 aliphatic heterocycles. The number of amides is 2. The van der Waals surface area contributed by atoms with Gasteiger partial charge in [-0.25, -0.2) is 18.7 Å². The molecule has 9 nitrogen and oxygen atoms in total. The van der Waals surface area contributed by atoms with E-state index in [0.29, 0.717) is 18.8 Å². The van der Waals surface area contributed by atoms with Gasteiger partial charge in [0.25, 0.3) is 0 Å². The Hall–Kier alpha value is -3.27. The summed E-state index contributed by atoms with van der Waals surface area (Å²) in [5, 5.41) is 0. The van der Waals surface area contributed by atoms with Gasteiger partial charge in [-0.15, -0.1) is 0 Å². The van der Waals surface area contributed by atoms with Gasteiger partial charge in [0.2, 0.25) is 5.91 Å². The average Bonchev–Trinajstić information content (AvgIpc) is 3.18. The number of halogens is 1. The number of benzene rings is 1. The Morgan fingerprint density at radius 3 is 2.40 bits per heavy atom. The summed E-state index contributed by atoms with van der Waals surface area (Å²) in [6.07, 6.45) is 0. The van der Waals surface area contributed by atoms with Gasteiger partial charge in [-0.2, -0.15) is 9.67 Å². The van der Waals surface area contributed by atoms with E-state index in [-0.39, 0.29) is 24.8 Å². The SMILES string of the molecule is C=C(C)CN1CCN(C(=O)Cn2c(=O)nc3n2C(=O)N(c2ccc(F)cc2)C3)CC1. The van der Waals surface area contributed by atoms with E-state index in [1.54, 1.807) is 4.90 Å². The number of anilines is 1. The first-order chi connectivity index (χ1) is 14.3. The van der Waals surface area contributed by atoms with Crippen LogP contribution in [0.25, 0.3) is 0 Å². The van der Waals surface area contributed by atoms with Crippen molar-refractivity contribution in [2.24, 2.45) is 0 Å². The van der Waals surface area contributed by atoms with Gasteiger partial charge in [0.05, 0.1) is 6.54 Å². The Labute approximate surface area is 172 Å². The maximum atomic E-state index is 13.2. The summed E-state index contributed by atoms with van der Waals surface area (Å²) in [6.45, 7) is 9.07. The number of carbonyl (C=O) groups excluding carboxylic acids is 2. The zero-order valence-electron chi connectivity index (χ0n) is 16.8. The van der Waals surface area contributed by atoms with Crippen molar-refractivity contribution in [1.29, 1.82) is 0 Å². The molecular formula is C20H23FN6O3.